The molecular formula is C24H28NO5+. The highest BCUT2D eigenvalue weighted by molar-refractivity contribution is 5.85. The second-order valence-electron chi connectivity index (χ2n) is 8.12. The average Bonchev–Trinajstić information content (AvgIpc) is 2.75. The first-order valence-electron chi connectivity index (χ1n) is 10.3. The Morgan fingerprint density at radius 1 is 1.17 bits per heavy atom. The van der Waals surface area contributed by atoms with Crippen LogP contribution in [0.2, 0.25) is 0 Å². The first-order valence-corrected chi connectivity index (χ1v) is 10.3. The van der Waals surface area contributed by atoms with Crippen molar-refractivity contribution in [1.29, 1.82) is 0 Å². The summed E-state index contributed by atoms with van der Waals surface area (Å²) in [7, 11) is 3.13. The second kappa shape index (κ2) is 8.40. The lowest BCUT2D eigenvalue weighted by molar-refractivity contribution is -0.922. The molecule has 0 radical (unpaired) electrons. The molecule has 158 valence electrons. The molecule has 1 saturated heterocycles. The van der Waals surface area contributed by atoms with Crippen LogP contribution in [0.5, 0.6) is 17.2 Å². The standard InChI is InChI=1S/C24H27NO5/c1-15-5-4-10-25(12-15)13-18-20(26)8-7-17-23(27)19(14-30-24(17)18)16-6-9-21(28-2)22(11-16)29-3/h6-9,11,14-15,26H,4-5,10,12-13H2,1-3H3/p+1/t15-/m1/s1. The first kappa shape index (κ1) is 20.3. The quantitative estimate of drug-likeness (QED) is 0.677. The van der Waals surface area contributed by atoms with Gasteiger partial charge < -0.3 is 23.9 Å². The number of phenolic OH excluding ortho intramolecular Hbond substituents is 1. The smallest absolute Gasteiger partial charge is 0.200 e. The van der Waals surface area contributed by atoms with E-state index in [0.717, 1.165) is 13.1 Å². The number of likely N-dealkylation sites (tertiary alicyclic amines) is 1. The van der Waals surface area contributed by atoms with Crippen molar-refractivity contribution in [3.63, 3.8) is 0 Å². The second-order valence-corrected chi connectivity index (χ2v) is 8.12. The molecule has 1 unspecified atom stereocenters. The fourth-order valence-corrected chi connectivity index (χ4v) is 4.43. The lowest BCUT2D eigenvalue weighted by atomic mass is 9.99. The van der Waals surface area contributed by atoms with Crippen LogP contribution in [0.25, 0.3) is 22.1 Å². The number of phenols is 1. The van der Waals surface area contributed by atoms with Gasteiger partial charge in [0.25, 0.3) is 0 Å². The Hall–Kier alpha value is -2.99. The van der Waals surface area contributed by atoms with Crippen LogP contribution in [0, 0.1) is 5.92 Å². The number of hydrogen-bond acceptors (Lipinski definition) is 5. The van der Waals surface area contributed by atoms with Crippen molar-refractivity contribution >= 4 is 11.0 Å². The number of rotatable bonds is 5. The van der Waals surface area contributed by atoms with Gasteiger partial charge in [-0.05, 0) is 42.7 Å². The van der Waals surface area contributed by atoms with Gasteiger partial charge in [-0.25, -0.2) is 0 Å². The van der Waals surface area contributed by atoms with E-state index in [4.69, 9.17) is 13.9 Å². The van der Waals surface area contributed by atoms with Crippen LogP contribution in [0.3, 0.4) is 0 Å². The Kier molecular flexibility index (Phi) is 5.68. The number of piperidine rings is 1. The molecule has 0 amide bonds. The molecule has 6 heteroatoms. The number of ether oxygens (including phenoxy) is 2. The van der Waals surface area contributed by atoms with E-state index in [1.165, 1.54) is 24.0 Å². The van der Waals surface area contributed by atoms with Crippen molar-refractivity contribution in [2.24, 2.45) is 5.92 Å². The number of hydrogen-bond donors (Lipinski definition) is 2. The van der Waals surface area contributed by atoms with E-state index in [1.54, 1.807) is 44.6 Å². The molecule has 6 nitrogen and oxygen atoms in total. The minimum atomic E-state index is -0.133. The molecule has 2 aromatic carbocycles. The summed E-state index contributed by atoms with van der Waals surface area (Å²) in [6.07, 6.45) is 3.90. The molecule has 0 saturated carbocycles. The Bertz CT molecular complexity index is 1120. The predicted octanol–water partition coefficient (Wildman–Crippen LogP) is 3.00. The number of aromatic hydroxyl groups is 1. The van der Waals surface area contributed by atoms with Gasteiger partial charge in [-0.3, -0.25) is 4.79 Å². The summed E-state index contributed by atoms with van der Waals surface area (Å²) in [5, 5.41) is 11.0. The third-order valence-corrected chi connectivity index (χ3v) is 6.01. The minimum Gasteiger partial charge on any atom is -0.507 e. The van der Waals surface area contributed by atoms with Crippen molar-refractivity contribution in [3.05, 3.63) is 52.4 Å². The van der Waals surface area contributed by atoms with Gasteiger partial charge in [0, 0.05) is 5.92 Å². The summed E-state index contributed by atoms with van der Waals surface area (Å²) >= 11 is 0. The molecule has 1 aromatic heterocycles. The van der Waals surface area contributed by atoms with Crippen molar-refractivity contribution in [1.82, 2.24) is 0 Å². The van der Waals surface area contributed by atoms with Gasteiger partial charge in [0.1, 0.15) is 24.1 Å². The molecule has 4 rings (SSSR count). The highest BCUT2D eigenvalue weighted by Gasteiger charge is 2.24. The van der Waals surface area contributed by atoms with E-state index >= 15 is 0 Å². The average molecular weight is 410 g/mol. The van der Waals surface area contributed by atoms with Gasteiger partial charge in [0.05, 0.1) is 43.8 Å². The molecule has 3 aromatic rings. The Labute approximate surface area is 175 Å². The maximum absolute atomic E-state index is 13.3. The third-order valence-electron chi connectivity index (χ3n) is 6.01. The van der Waals surface area contributed by atoms with Crippen molar-refractivity contribution in [2.75, 3.05) is 27.3 Å². The summed E-state index contributed by atoms with van der Waals surface area (Å²) in [6, 6.07) is 8.57. The van der Waals surface area contributed by atoms with Gasteiger partial charge in [0.15, 0.2) is 11.5 Å². The zero-order valence-corrected chi connectivity index (χ0v) is 17.7. The number of fused-ring (bicyclic) bond motifs is 1. The maximum atomic E-state index is 13.3. The molecule has 0 aliphatic carbocycles. The SMILES string of the molecule is COc1ccc(-c2coc3c(C[NH+]4CCC[C@@H](C)C4)c(O)ccc3c2=O)cc1OC. The number of benzene rings is 2. The summed E-state index contributed by atoms with van der Waals surface area (Å²) in [6.45, 7) is 5.03. The number of quaternary nitrogens is 1. The fourth-order valence-electron chi connectivity index (χ4n) is 4.43. The van der Waals surface area contributed by atoms with Crippen molar-refractivity contribution < 1.29 is 23.9 Å². The highest BCUT2D eigenvalue weighted by atomic mass is 16.5. The molecule has 1 aliphatic rings. The molecular weight excluding hydrogens is 382 g/mol. The van der Waals surface area contributed by atoms with Gasteiger partial charge in [0.2, 0.25) is 5.43 Å². The summed E-state index contributed by atoms with van der Waals surface area (Å²) < 4.78 is 16.6. The first-order chi connectivity index (χ1) is 14.5. The summed E-state index contributed by atoms with van der Waals surface area (Å²) in [4.78, 5) is 14.7. The molecule has 1 fully saturated rings. The minimum absolute atomic E-state index is 0.133. The van der Waals surface area contributed by atoms with E-state index in [9.17, 15) is 9.90 Å². The fraction of sp³-hybridized carbons (Fsp3) is 0.375. The normalized spacial score (nSPS) is 19.0. The Balaban J connectivity index is 1.77. The Morgan fingerprint density at radius 2 is 1.97 bits per heavy atom. The van der Waals surface area contributed by atoms with Crippen LogP contribution in [0.4, 0.5) is 0 Å². The largest absolute Gasteiger partial charge is 0.507 e. The summed E-state index contributed by atoms with van der Waals surface area (Å²) in [5.41, 5.74) is 2.17. The van der Waals surface area contributed by atoms with Crippen LogP contribution < -0.4 is 19.8 Å². The van der Waals surface area contributed by atoms with E-state index in [1.807, 2.05) is 0 Å². The molecule has 0 bridgehead atoms. The predicted molar refractivity (Wildman–Crippen MR) is 115 cm³/mol. The van der Waals surface area contributed by atoms with Crippen LogP contribution in [-0.4, -0.2) is 32.4 Å². The van der Waals surface area contributed by atoms with Crippen molar-refractivity contribution in [2.45, 2.75) is 26.3 Å². The lowest BCUT2D eigenvalue weighted by Crippen LogP contribution is -3.12. The Morgan fingerprint density at radius 3 is 2.70 bits per heavy atom. The van der Waals surface area contributed by atoms with Crippen LogP contribution in [-0.2, 0) is 6.54 Å². The molecule has 2 heterocycles. The third kappa shape index (κ3) is 3.75. The topological polar surface area (TPSA) is 73.3 Å². The van der Waals surface area contributed by atoms with E-state index in [0.29, 0.717) is 51.6 Å². The van der Waals surface area contributed by atoms with Crippen LogP contribution >= 0.6 is 0 Å². The molecule has 2 atom stereocenters. The van der Waals surface area contributed by atoms with Gasteiger partial charge in [-0.2, -0.15) is 0 Å². The lowest BCUT2D eigenvalue weighted by Gasteiger charge is -2.28. The van der Waals surface area contributed by atoms with Gasteiger partial charge >= 0.3 is 0 Å². The molecule has 30 heavy (non-hydrogen) atoms. The zero-order valence-electron chi connectivity index (χ0n) is 17.7. The van der Waals surface area contributed by atoms with Gasteiger partial charge in [-0.1, -0.05) is 13.0 Å². The molecule has 0 spiro atoms. The maximum Gasteiger partial charge on any atom is 0.200 e. The molecule has 2 N–H and O–H groups in total. The van der Waals surface area contributed by atoms with Gasteiger partial charge in [-0.15, -0.1) is 0 Å². The van der Waals surface area contributed by atoms with E-state index in [2.05, 4.69) is 6.92 Å². The molecule has 1 aliphatic heterocycles. The van der Waals surface area contributed by atoms with E-state index in [-0.39, 0.29) is 11.2 Å². The summed E-state index contributed by atoms with van der Waals surface area (Å²) in [5.74, 6) is 1.98. The highest BCUT2D eigenvalue weighted by Crippen LogP contribution is 2.33. The zero-order chi connectivity index (χ0) is 21.3. The number of nitrogens with one attached hydrogen (secondary N) is 1. The van der Waals surface area contributed by atoms with E-state index < -0.39 is 0 Å². The van der Waals surface area contributed by atoms with Crippen LogP contribution in [0.1, 0.15) is 25.3 Å². The number of methoxy groups -OCH3 is 2. The van der Waals surface area contributed by atoms with Crippen molar-refractivity contribution in [3.8, 4) is 28.4 Å². The van der Waals surface area contributed by atoms with Crippen LogP contribution in [0.15, 0.2) is 45.8 Å². The monoisotopic (exact) mass is 410 g/mol.